The van der Waals surface area contributed by atoms with Crippen LogP contribution < -0.4 is 0 Å². The minimum Gasteiger partial charge on any atom is -0.381 e. The van der Waals surface area contributed by atoms with Crippen molar-refractivity contribution >= 4 is 6.29 Å². The van der Waals surface area contributed by atoms with Gasteiger partial charge in [0.2, 0.25) is 0 Å². The SMILES string of the molecule is O=CC[C@@H]1CCCOC1. The number of hydrogen-bond donors (Lipinski definition) is 0. The van der Waals surface area contributed by atoms with E-state index in [9.17, 15) is 4.79 Å². The fourth-order valence-corrected chi connectivity index (χ4v) is 1.13. The molecule has 2 nitrogen and oxygen atoms in total. The topological polar surface area (TPSA) is 26.3 Å². The van der Waals surface area contributed by atoms with E-state index >= 15 is 0 Å². The third kappa shape index (κ3) is 2.14. The van der Waals surface area contributed by atoms with E-state index in [1.165, 1.54) is 6.42 Å². The Bertz CT molecular complexity index is 84.9. The average molecular weight is 128 g/mol. The van der Waals surface area contributed by atoms with Gasteiger partial charge in [0.05, 0.1) is 0 Å². The Morgan fingerprint density at radius 2 is 2.56 bits per heavy atom. The summed E-state index contributed by atoms with van der Waals surface area (Å²) in [6.07, 6.45) is 3.95. The first-order valence-electron chi connectivity index (χ1n) is 3.45. The summed E-state index contributed by atoms with van der Waals surface area (Å²) in [5.74, 6) is 0.510. The molecule has 0 aliphatic carbocycles. The molecule has 0 unspecified atom stereocenters. The molecule has 0 saturated carbocycles. The van der Waals surface area contributed by atoms with Gasteiger partial charge in [-0.1, -0.05) is 0 Å². The Balaban J connectivity index is 2.15. The van der Waals surface area contributed by atoms with Gasteiger partial charge in [0.15, 0.2) is 0 Å². The maximum Gasteiger partial charge on any atom is 0.120 e. The van der Waals surface area contributed by atoms with Crippen LogP contribution >= 0.6 is 0 Å². The Morgan fingerprint density at radius 3 is 3.11 bits per heavy atom. The summed E-state index contributed by atoms with van der Waals surface area (Å²) in [5.41, 5.74) is 0. The Morgan fingerprint density at radius 1 is 1.67 bits per heavy atom. The third-order valence-electron chi connectivity index (χ3n) is 1.68. The molecule has 9 heavy (non-hydrogen) atoms. The van der Waals surface area contributed by atoms with Crippen LogP contribution in [0.4, 0.5) is 0 Å². The molecule has 0 radical (unpaired) electrons. The molecule has 0 spiro atoms. The molecular weight excluding hydrogens is 116 g/mol. The van der Waals surface area contributed by atoms with E-state index in [4.69, 9.17) is 4.74 Å². The minimum absolute atomic E-state index is 0.510. The molecule has 1 atom stereocenters. The Labute approximate surface area is 55.2 Å². The van der Waals surface area contributed by atoms with Crippen LogP contribution in [-0.2, 0) is 9.53 Å². The second-order valence-electron chi connectivity index (χ2n) is 2.49. The monoisotopic (exact) mass is 128 g/mol. The first-order chi connectivity index (χ1) is 4.43. The van der Waals surface area contributed by atoms with Crippen molar-refractivity contribution in [1.82, 2.24) is 0 Å². The Kier molecular flexibility index (Phi) is 2.71. The molecule has 0 aromatic carbocycles. The Hall–Kier alpha value is -0.370. The van der Waals surface area contributed by atoms with E-state index in [0.29, 0.717) is 12.3 Å². The van der Waals surface area contributed by atoms with Crippen LogP contribution in [0.15, 0.2) is 0 Å². The number of carbonyl (C=O) groups is 1. The number of carbonyl (C=O) groups excluding carboxylic acids is 1. The standard InChI is InChI=1S/C7H12O2/c8-4-3-7-2-1-5-9-6-7/h4,7H,1-3,5-6H2/t7-/m0/s1. The summed E-state index contributed by atoms with van der Waals surface area (Å²) in [4.78, 5) is 10.0. The zero-order valence-corrected chi connectivity index (χ0v) is 5.51. The van der Waals surface area contributed by atoms with E-state index in [1.54, 1.807) is 0 Å². The van der Waals surface area contributed by atoms with Crippen LogP contribution in [0.3, 0.4) is 0 Å². The number of ether oxygens (including phenoxy) is 1. The zero-order chi connectivity index (χ0) is 6.53. The van der Waals surface area contributed by atoms with Gasteiger partial charge in [-0.2, -0.15) is 0 Å². The van der Waals surface area contributed by atoms with Crippen LogP contribution in [0.1, 0.15) is 19.3 Å². The van der Waals surface area contributed by atoms with Gasteiger partial charge in [-0.15, -0.1) is 0 Å². The molecule has 0 aromatic heterocycles. The van der Waals surface area contributed by atoms with Crippen LogP contribution in [0, 0.1) is 5.92 Å². The van der Waals surface area contributed by atoms with E-state index in [2.05, 4.69) is 0 Å². The lowest BCUT2D eigenvalue weighted by atomic mass is 10.00. The quantitative estimate of drug-likeness (QED) is 0.518. The summed E-state index contributed by atoms with van der Waals surface area (Å²) < 4.78 is 5.18. The predicted molar refractivity (Wildman–Crippen MR) is 34.2 cm³/mol. The van der Waals surface area contributed by atoms with Crippen molar-refractivity contribution in [3.05, 3.63) is 0 Å². The van der Waals surface area contributed by atoms with Crippen molar-refractivity contribution in [1.29, 1.82) is 0 Å². The van der Waals surface area contributed by atoms with E-state index in [0.717, 1.165) is 25.9 Å². The normalized spacial score (nSPS) is 27.8. The summed E-state index contributed by atoms with van der Waals surface area (Å²) in [5, 5.41) is 0. The van der Waals surface area contributed by atoms with Crippen molar-refractivity contribution in [2.24, 2.45) is 5.92 Å². The summed E-state index contributed by atoms with van der Waals surface area (Å²) in [7, 11) is 0. The molecule has 52 valence electrons. The van der Waals surface area contributed by atoms with Gasteiger partial charge in [0.1, 0.15) is 6.29 Å². The molecule has 0 N–H and O–H groups in total. The van der Waals surface area contributed by atoms with Gasteiger partial charge in [-0.3, -0.25) is 0 Å². The molecule has 1 aliphatic rings. The van der Waals surface area contributed by atoms with Crippen molar-refractivity contribution in [2.45, 2.75) is 19.3 Å². The highest BCUT2D eigenvalue weighted by Crippen LogP contribution is 2.15. The summed E-state index contributed by atoms with van der Waals surface area (Å²) in [6, 6.07) is 0. The van der Waals surface area contributed by atoms with Gasteiger partial charge in [-0.05, 0) is 18.8 Å². The fraction of sp³-hybridized carbons (Fsp3) is 0.857. The first-order valence-corrected chi connectivity index (χ1v) is 3.45. The molecule has 1 aliphatic heterocycles. The van der Waals surface area contributed by atoms with Crippen molar-refractivity contribution in [3.8, 4) is 0 Å². The summed E-state index contributed by atoms with van der Waals surface area (Å²) in [6.45, 7) is 1.67. The second kappa shape index (κ2) is 3.62. The lowest BCUT2D eigenvalue weighted by molar-refractivity contribution is -0.109. The van der Waals surface area contributed by atoms with Crippen LogP contribution in [0.25, 0.3) is 0 Å². The van der Waals surface area contributed by atoms with Crippen molar-refractivity contribution in [2.75, 3.05) is 13.2 Å². The highest BCUT2D eigenvalue weighted by atomic mass is 16.5. The highest BCUT2D eigenvalue weighted by molar-refractivity contribution is 5.49. The van der Waals surface area contributed by atoms with Gasteiger partial charge in [0, 0.05) is 19.6 Å². The molecule has 1 rings (SSSR count). The smallest absolute Gasteiger partial charge is 0.120 e. The van der Waals surface area contributed by atoms with E-state index < -0.39 is 0 Å². The highest BCUT2D eigenvalue weighted by Gasteiger charge is 2.11. The largest absolute Gasteiger partial charge is 0.381 e. The fourth-order valence-electron chi connectivity index (χ4n) is 1.13. The maximum absolute atomic E-state index is 10.0. The molecule has 0 bridgehead atoms. The molecular formula is C7H12O2. The molecule has 1 heterocycles. The zero-order valence-electron chi connectivity index (χ0n) is 5.51. The third-order valence-corrected chi connectivity index (χ3v) is 1.68. The minimum atomic E-state index is 0.510. The van der Waals surface area contributed by atoms with Crippen LogP contribution in [-0.4, -0.2) is 19.5 Å². The molecule has 1 fully saturated rings. The van der Waals surface area contributed by atoms with Crippen LogP contribution in [0.2, 0.25) is 0 Å². The lowest BCUT2D eigenvalue weighted by Crippen LogP contribution is -2.17. The molecule has 1 saturated heterocycles. The number of hydrogen-bond acceptors (Lipinski definition) is 2. The van der Waals surface area contributed by atoms with Gasteiger partial charge in [-0.25, -0.2) is 0 Å². The van der Waals surface area contributed by atoms with E-state index in [-0.39, 0.29) is 0 Å². The number of rotatable bonds is 2. The first kappa shape index (κ1) is 6.75. The second-order valence-corrected chi connectivity index (χ2v) is 2.49. The van der Waals surface area contributed by atoms with Gasteiger partial charge in [0.25, 0.3) is 0 Å². The van der Waals surface area contributed by atoms with Crippen molar-refractivity contribution in [3.63, 3.8) is 0 Å². The number of aldehydes is 1. The average Bonchev–Trinajstić information content (AvgIpc) is 1.91. The summed E-state index contributed by atoms with van der Waals surface area (Å²) >= 11 is 0. The predicted octanol–water partition coefficient (Wildman–Crippen LogP) is 1.00. The van der Waals surface area contributed by atoms with Gasteiger partial charge < -0.3 is 9.53 Å². The molecule has 0 aromatic rings. The van der Waals surface area contributed by atoms with E-state index in [1.807, 2.05) is 0 Å². The van der Waals surface area contributed by atoms with Gasteiger partial charge >= 0.3 is 0 Å². The molecule has 0 amide bonds. The van der Waals surface area contributed by atoms with Crippen LogP contribution in [0.5, 0.6) is 0 Å². The molecule has 2 heteroatoms. The lowest BCUT2D eigenvalue weighted by Gasteiger charge is -2.19. The van der Waals surface area contributed by atoms with Crippen molar-refractivity contribution < 1.29 is 9.53 Å². The maximum atomic E-state index is 10.0.